The summed E-state index contributed by atoms with van der Waals surface area (Å²) in [6.07, 6.45) is 4.78. The number of nitrogens with zero attached hydrogens (tertiary/aromatic N) is 2. The number of hydrogen-bond donors (Lipinski definition) is 1. The van der Waals surface area contributed by atoms with Gasteiger partial charge in [-0.3, -0.25) is 14.7 Å². The number of carbonyl (C=O) groups excluding carboxylic acids is 2. The minimum atomic E-state index is -0.211. The van der Waals surface area contributed by atoms with Crippen LogP contribution >= 0.6 is 0 Å². The van der Waals surface area contributed by atoms with Crippen molar-refractivity contribution in [3.05, 3.63) is 18.0 Å². The van der Waals surface area contributed by atoms with Crippen LogP contribution in [0.25, 0.3) is 0 Å². The number of nitrogens with one attached hydrogen (secondary N) is 1. The van der Waals surface area contributed by atoms with E-state index in [1.54, 1.807) is 17.2 Å². The second-order valence-electron chi connectivity index (χ2n) is 4.00. The number of H-pyrrole nitrogens is 1. The number of piperidine rings is 1. The number of hydrogen-bond acceptors (Lipinski definition) is 3. The first kappa shape index (κ1) is 10.9. The van der Waals surface area contributed by atoms with Gasteiger partial charge in [0.1, 0.15) is 5.69 Å². The fraction of sp³-hybridized carbons (Fsp3) is 0.545. The largest absolute Gasteiger partial charge is 0.342 e. The average molecular weight is 221 g/mol. The highest BCUT2D eigenvalue weighted by Crippen LogP contribution is 2.11. The van der Waals surface area contributed by atoms with Crippen LogP contribution in [0.3, 0.4) is 0 Å². The zero-order valence-electron chi connectivity index (χ0n) is 9.11. The summed E-state index contributed by atoms with van der Waals surface area (Å²) in [6, 6.07) is 1.59. The molecule has 0 unspecified atom stereocenters. The van der Waals surface area contributed by atoms with E-state index < -0.39 is 0 Å². The Morgan fingerprint density at radius 3 is 2.69 bits per heavy atom. The zero-order valence-corrected chi connectivity index (χ0v) is 9.11. The Morgan fingerprint density at radius 1 is 1.31 bits per heavy atom. The molecule has 0 aliphatic carbocycles. The van der Waals surface area contributed by atoms with E-state index in [4.69, 9.17) is 0 Å². The highest BCUT2D eigenvalue weighted by Gasteiger charge is 2.20. The fourth-order valence-corrected chi connectivity index (χ4v) is 1.90. The van der Waals surface area contributed by atoms with Crippen molar-refractivity contribution in [2.24, 2.45) is 0 Å². The van der Waals surface area contributed by atoms with Crippen molar-refractivity contribution in [3.63, 3.8) is 0 Å². The number of ketones is 1. The van der Waals surface area contributed by atoms with Crippen molar-refractivity contribution in [1.82, 2.24) is 15.1 Å². The van der Waals surface area contributed by atoms with Crippen LogP contribution in [0, 0.1) is 0 Å². The maximum atomic E-state index is 11.8. The number of carbonyl (C=O) groups is 2. The van der Waals surface area contributed by atoms with E-state index in [1.165, 1.54) is 6.42 Å². The molecular formula is C11H15N3O2. The Morgan fingerprint density at radius 2 is 2.06 bits per heavy atom. The van der Waals surface area contributed by atoms with E-state index >= 15 is 0 Å². The SMILES string of the molecule is O=C(CC(=O)N1CCCCC1)c1cc[nH]n1. The van der Waals surface area contributed by atoms with Gasteiger partial charge in [-0.1, -0.05) is 0 Å². The van der Waals surface area contributed by atoms with Gasteiger partial charge in [0.05, 0.1) is 6.42 Å². The molecule has 1 aromatic heterocycles. The van der Waals surface area contributed by atoms with Gasteiger partial charge in [-0.2, -0.15) is 5.10 Å². The summed E-state index contributed by atoms with van der Waals surface area (Å²) in [7, 11) is 0. The number of rotatable bonds is 3. The minimum absolute atomic E-state index is 0.0646. The van der Waals surface area contributed by atoms with E-state index in [2.05, 4.69) is 10.2 Å². The maximum absolute atomic E-state index is 11.8. The molecule has 0 spiro atoms. The molecule has 5 heteroatoms. The summed E-state index contributed by atoms with van der Waals surface area (Å²) in [5.41, 5.74) is 0.338. The maximum Gasteiger partial charge on any atom is 0.230 e. The smallest absolute Gasteiger partial charge is 0.230 e. The zero-order chi connectivity index (χ0) is 11.4. The first-order chi connectivity index (χ1) is 7.77. The standard InChI is InChI=1S/C11H15N3O2/c15-10(9-4-5-12-13-9)8-11(16)14-6-2-1-3-7-14/h4-5H,1-3,6-8H2,(H,12,13). The first-order valence-electron chi connectivity index (χ1n) is 5.58. The average Bonchev–Trinajstić information content (AvgIpc) is 2.83. The molecule has 0 saturated carbocycles. The second-order valence-corrected chi connectivity index (χ2v) is 4.00. The fourth-order valence-electron chi connectivity index (χ4n) is 1.90. The normalized spacial score (nSPS) is 16.1. The van der Waals surface area contributed by atoms with E-state index in [0.29, 0.717) is 5.69 Å². The van der Waals surface area contributed by atoms with Gasteiger partial charge >= 0.3 is 0 Å². The van der Waals surface area contributed by atoms with E-state index in [1.807, 2.05) is 0 Å². The molecule has 5 nitrogen and oxygen atoms in total. The monoisotopic (exact) mass is 221 g/mol. The summed E-state index contributed by atoms with van der Waals surface area (Å²) in [4.78, 5) is 25.2. The molecular weight excluding hydrogens is 206 g/mol. The predicted molar refractivity (Wildman–Crippen MR) is 58.0 cm³/mol. The number of Topliss-reactive ketones (excluding diaryl/α,β-unsaturated/α-hetero) is 1. The third-order valence-electron chi connectivity index (χ3n) is 2.81. The molecule has 2 rings (SSSR count). The molecule has 1 aliphatic heterocycles. The van der Waals surface area contributed by atoms with Gasteiger partial charge in [0.15, 0.2) is 5.78 Å². The third-order valence-corrected chi connectivity index (χ3v) is 2.81. The van der Waals surface area contributed by atoms with Crippen molar-refractivity contribution in [3.8, 4) is 0 Å². The van der Waals surface area contributed by atoms with Crippen molar-refractivity contribution in [2.75, 3.05) is 13.1 Å². The molecule has 16 heavy (non-hydrogen) atoms. The van der Waals surface area contributed by atoms with Crippen molar-refractivity contribution in [1.29, 1.82) is 0 Å². The van der Waals surface area contributed by atoms with Crippen LogP contribution < -0.4 is 0 Å². The second kappa shape index (κ2) is 4.92. The Kier molecular flexibility index (Phi) is 3.34. The Balaban J connectivity index is 1.89. The predicted octanol–water partition coefficient (Wildman–Crippen LogP) is 0.995. The van der Waals surface area contributed by atoms with Gasteiger partial charge in [0.2, 0.25) is 5.91 Å². The van der Waals surface area contributed by atoms with Crippen LogP contribution in [0.1, 0.15) is 36.2 Å². The lowest BCUT2D eigenvalue weighted by molar-refractivity contribution is -0.131. The summed E-state index contributed by atoms with van der Waals surface area (Å²) >= 11 is 0. The van der Waals surface area contributed by atoms with E-state index in [9.17, 15) is 9.59 Å². The van der Waals surface area contributed by atoms with Gasteiger partial charge in [-0.05, 0) is 25.3 Å². The highest BCUT2D eigenvalue weighted by atomic mass is 16.2. The molecule has 2 heterocycles. The van der Waals surface area contributed by atoms with Gasteiger partial charge in [-0.15, -0.1) is 0 Å². The quantitative estimate of drug-likeness (QED) is 0.611. The Bertz CT molecular complexity index is 367. The van der Waals surface area contributed by atoms with E-state index in [-0.39, 0.29) is 18.1 Å². The minimum Gasteiger partial charge on any atom is -0.342 e. The van der Waals surface area contributed by atoms with Crippen LogP contribution in [-0.4, -0.2) is 39.9 Å². The summed E-state index contributed by atoms with van der Waals surface area (Å²) in [5.74, 6) is -0.287. The number of amides is 1. The third kappa shape index (κ3) is 2.48. The van der Waals surface area contributed by atoms with Gasteiger partial charge < -0.3 is 4.90 Å². The number of aromatic nitrogens is 2. The molecule has 1 N–H and O–H groups in total. The van der Waals surface area contributed by atoms with Crippen molar-refractivity contribution < 1.29 is 9.59 Å². The summed E-state index contributed by atoms with van der Waals surface area (Å²) in [6.45, 7) is 1.57. The number of aromatic amines is 1. The highest BCUT2D eigenvalue weighted by molar-refractivity contribution is 6.06. The van der Waals surface area contributed by atoms with Crippen LogP contribution in [0.4, 0.5) is 0 Å². The molecule has 0 aromatic carbocycles. The van der Waals surface area contributed by atoms with Gasteiger partial charge in [0.25, 0.3) is 0 Å². The van der Waals surface area contributed by atoms with Gasteiger partial charge in [0, 0.05) is 19.3 Å². The molecule has 86 valence electrons. The molecule has 1 fully saturated rings. The molecule has 1 saturated heterocycles. The van der Waals surface area contributed by atoms with Crippen LogP contribution in [0.5, 0.6) is 0 Å². The Hall–Kier alpha value is -1.65. The summed E-state index contributed by atoms with van der Waals surface area (Å²) < 4.78 is 0. The van der Waals surface area contributed by atoms with Gasteiger partial charge in [-0.25, -0.2) is 0 Å². The molecule has 1 aliphatic rings. The Labute approximate surface area is 93.8 Å². The van der Waals surface area contributed by atoms with Crippen molar-refractivity contribution >= 4 is 11.7 Å². The lowest BCUT2D eigenvalue weighted by Gasteiger charge is -2.26. The molecule has 0 radical (unpaired) electrons. The number of likely N-dealkylation sites (tertiary alicyclic amines) is 1. The van der Waals surface area contributed by atoms with Crippen LogP contribution in [0.2, 0.25) is 0 Å². The van der Waals surface area contributed by atoms with Crippen LogP contribution in [0.15, 0.2) is 12.3 Å². The lowest BCUT2D eigenvalue weighted by atomic mass is 10.1. The summed E-state index contributed by atoms with van der Waals surface area (Å²) in [5, 5.41) is 6.34. The first-order valence-corrected chi connectivity index (χ1v) is 5.58. The van der Waals surface area contributed by atoms with Crippen molar-refractivity contribution in [2.45, 2.75) is 25.7 Å². The molecule has 1 aromatic rings. The molecule has 0 bridgehead atoms. The topological polar surface area (TPSA) is 66.1 Å². The van der Waals surface area contributed by atoms with Crippen LogP contribution in [-0.2, 0) is 4.79 Å². The lowest BCUT2D eigenvalue weighted by Crippen LogP contribution is -2.36. The molecule has 1 amide bonds. The van der Waals surface area contributed by atoms with E-state index in [0.717, 1.165) is 25.9 Å². The molecule has 0 atom stereocenters.